The number of amides is 1. The highest BCUT2D eigenvalue weighted by atomic mass is 32.1. The number of carbonyl (C=O) groups is 1. The molecule has 10 heteroatoms. The van der Waals surface area contributed by atoms with Crippen molar-refractivity contribution < 1.29 is 18.0 Å². The SMILES string of the molecule is Cc1c(C(=O)Nc2nc(-c3cccnc3)cs2)cnn1-c1cccc(C(F)(F)F)c1. The van der Waals surface area contributed by atoms with Crippen molar-refractivity contribution in [3.05, 3.63) is 77.2 Å². The number of benzene rings is 1. The molecule has 0 aliphatic carbocycles. The zero-order valence-corrected chi connectivity index (χ0v) is 16.3. The minimum atomic E-state index is -4.46. The molecule has 0 saturated carbocycles. The molecule has 0 spiro atoms. The van der Waals surface area contributed by atoms with Crippen LogP contribution in [0, 0.1) is 6.92 Å². The Hall–Kier alpha value is -3.53. The van der Waals surface area contributed by atoms with Gasteiger partial charge in [0, 0.05) is 23.3 Å². The van der Waals surface area contributed by atoms with Gasteiger partial charge in [0.05, 0.1) is 34.4 Å². The maximum atomic E-state index is 13.0. The minimum absolute atomic E-state index is 0.217. The van der Waals surface area contributed by atoms with Gasteiger partial charge in [0.1, 0.15) is 0 Å². The molecule has 152 valence electrons. The first-order valence-corrected chi connectivity index (χ1v) is 9.60. The lowest BCUT2D eigenvalue weighted by atomic mass is 10.2. The molecule has 0 fully saturated rings. The van der Waals surface area contributed by atoms with Crippen molar-refractivity contribution >= 4 is 22.4 Å². The van der Waals surface area contributed by atoms with Crippen LogP contribution in [0.15, 0.2) is 60.4 Å². The molecule has 0 saturated heterocycles. The van der Waals surface area contributed by atoms with Gasteiger partial charge >= 0.3 is 6.18 Å². The first-order valence-electron chi connectivity index (χ1n) is 8.72. The molecule has 0 atom stereocenters. The highest BCUT2D eigenvalue weighted by molar-refractivity contribution is 7.14. The third kappa shape index (κ3) is 3.94. The van der Waals surface area contributed by atoms with Gasteiger partial charge in [-0.3, -0.25) is 15.1 Å². The largest absolute Gasteiger partial charge is 0.416 e. The van der Waals surface area contributed by atoms with Crippen molar-refractivity contribution in [1.82, 2.24) is 19.7 Å². The highest BCUT2D eigenvalue weighted by Gasteiger charge is 2.30. The minimum Gasteiger partial charge on any atom is -0.298 e. The van der Waals surface area contributed by atoms with Crippen molar-refractivity contribution in [2.24, 2.45) is 0 Å². The summed E-state index contributed by atoms with van der Waals surface area (Å²) in [6, 6.07) is 8.42. The van der Waals surface area contributed by atoms with E-state index >= 15 is 0 Å². The van der Waals surface area contributed by atoms with E-state index in [1.54, 1.807) is 30.8 Å². The second kappa shape index (κ2) is 7.71. The van der Waals surface area contributed by atoms with Crippen molar-refractivity contribution in [3.8, 4) is 16.9 Å². The van der Waals surface area contributed by atoms with E-state index in [1.165, 1.54) is 34.3 Å². The number of hydrogen-bond acceptors (Lipinski definition) is 5. The molecule has 3 aromatic heterocycles. The zero-order valence-electron chi connectivity index (χ0n) is 15.5. The fraction of sp³-hybridized carbons (Fsp3) is 0.100. The van der Waals surface area contributed by atoms with Gasteiger partial charge in [-0.05, 0) is 37.3 Å². The topological polar surface area (TPSA) is 72.7 Å². The van der Waals surface area contributed by atoms with E-state index in [0.717, 1.165) is 17.7 Å². The summed E-state index contributed by atoms with van der Waals surface area (Å²) in [6.07, 6.45) is 0.182. The zero-order chi connectivity index (χ0) is 21.3. The van der Waals surface area contributed by atoms with Crippen molar-refractivity contribution in [3.63, 3.8) is 0 Å². The number of thiazole rings is 1. The van der Waals surface area contributed by atoms with E-state index in [9.17, 15) is 18.0 Å². The molecular formula is C20H14F3N5OS. The molecule has 0 aliphatic heterocycles. The molecule has 4 aromatic rings. The smallest absolute Gasteiger partial charge is 0.298 e. The lowest BCUT2D eigenvalue weighted by molar-refractivity contribution is -0.137. The van der Waals surface area contributed by atoms with Crippen LogP contribution in [0.3, 0.4) is 0 Å². The Balaban J connectivity index is 1.56. The second-order valence-corrected chi connectivity index (χ2v) is 7.20. The average molecular weight is 429 g/mol. The molecule has 0 unspecified atom stereocenters. The summed E-state index contributed by atoms with van der Waals surface area (Å²) in [5, 5.41) is 8.98. The second-order valence-electron chi connectivity index (χ2n) is 6.34. The molecule has 0 radical (unpaired) electrons. The summed E-state index contributed by atoms with van der Waals surface area (Å²) in [5.41, 5.74) is 1.59. The van der Waals surface area contributed by atoms with E-state index in [-0.39, 0.29) is 11.3 Å². The van der Waals surface area contributed by atoms with Crippen LogP contribution in [-0.4, -0.2) is 25.7 Å². The number of carbonyl (C=O) groups excluding carboxylic acids is 1. The van der Waals surface area contributed by atoms with Crippen LogP contribution in [0.5, 0.6) is 0 Å². The lowest BCUT2D eigenvalue weighted by Crippen LogP contribution is -2.13. The molecular weight excluding hydrogens is 415 g/mol. The first-order chi connectivity index (χ1) is 14.3. The van der Waals surface area contributed by atoms with Crippen LogP contribution >= 0.6 is 11.3 Å². The molecule has 0 aliphatic rings. The third-order valence-corrected chi connectivity index (χ3v) is 5.11. The summed E-state index contributed by atoms with van der Waals surface area (Å²) in [5.74, 6) is -0.446. The Morgan fingerprint density at radius 1 is 1.17 bits per heavy atom. The van der Waals surface area contributed by atoms with E-state index in [4.69, 9.17) is 0 Å². The van der Waals surface area contributed by atoms with Gasteiger partial charge < -0.3 is 0 Å². The summed E-state index contributed by atoms with van der Waals surface area (Å²) >= 11 is 1.26. The molecule has 1 N–H and O–H groups in total. The first kappa shape index (κ1) is 19.8. The van der Waals surface area contributed by atoms with Crippen molar-refractivity contribution in [2.45, 2.75) is 13.1 Å². The monoisotopic (exact) mass is 429 g/mol. The predicted molar refractivity (Wildman–Crippen MR) is 107 cm³/mol. The maximum Gasteiger partial charge on any atom is 0.416 e. The number of halogens is 3. The number of hydrogen-bond donors (Lipinski definition) is 1. The van der Waals surface area contributed by atoms with Gasteiger partial charge in [0.2, 0.25) is 0 Å². The summed E-state index contributed by atoms with van der Waals surface area (Å²) in [7, 11) is 0. The third-order valence-electron chi connectivity index (χ3n) is 4.35. The van der Waals surface area contributed by atoms with E-state index in [1.807, 2.05) is 6.07 Å². The summed E-state index contributed by atoms with van der Waals surface area (Å²) in [4.78, 5) is 21.1. The van der Waals surface area contributed by atoms with Crippen LogP contribution in [-0.2, 0) is 6.18 Å². The summed E-state index contributed by atoms with van der Waals surface area (Å²) in [6.45, 7) is 1.62. The Kier molecular flexibility index (Phi) is 5.08. The van der Waals surface area contributed by atoms with Gasteiger partial charge in [0.25, 0.3) is 5.91 Å². The molecule has 4 rings (SSSR count). The van der Waals surface area contributed by atoms with Crippen LogP contribution in [0.4, 0.5) is 18.3 Å². The number of pyridine rings is 1. The molecule has 3 heterocycles. The van der Waals surface area contributed by atoms with Gasteiger partial charge in [-0.15, -0.1) is 11.3 Å². The Morgan fingerprint density at radius 2 is 2.00 bits per heavy atom. The van der Waals surface area contributed by atoms with Gasteiger partial charge in [-0.2, -0.15) is 18.3 Å². The molecule has 1 amide bonds. The molecule has 6 nitrogen and oxygen atoms in total. The van der Waals surface area contributed by atoms with E-state index in [2.05, 4.69) is 20.4 Å². The maximum absolute atomic E-state index is 13.0. The van der Waals surface area contributed by atoms with Crippen molar-refractivity contribution in [1.29, 1.82) is 0 Å². The average Bonchev–Trinajstić information content (AvgIpc) is 3.35. The Bertz CT molecular complexity index is 1200. The molecule has 0 bridgehead atoms. The fourth-order valence-corrected chi connectivity index (χ4v) is 3.56. The number of aromatic nitrogens is 4. The molecule has 1 aromatic carbocycles. The number of anilines is 1. The number of alkyl halides is 3. The highest BCUT2D eigenvalue weighted by Crippen LogP contribution is 2.31. The normalized spacial score (nSPS) is 11.5. The van der Waals surface area contributed by atoms with Crippen molar-refractivity contribution in [2.75, 3.05) is 5.32 Å². The van der Waals surface area contributed by atoms with Gasteiger partial charge in [-0.25, -0.2) is 9.67 Å². The quantitative estimate of drug-likeness (QED) is 0.497. The predicted octanol–water partition coefficient (Wildman–Crippen LogP) is 4.97. The Morgan fingerprint density at radius 3 is 2.73 bits per heavy atom. The lowest BCUT2D eigenvalue weighted by Gasteiger charge is -2.10. The van der Waals surface area contributed by atoms with E-state index in [0.29, 0.717) is 16.5 Å². The number of nitrogens with one attached hydrogen (secondary N) is 1. The standard InChI is InChI=1S/C20H14F3N5OS/c1-12-16(10-25-28(12)15-6-2-5-14(8-15)20(21,22)23)18(29)27-19-26-17(11-30-19)13-4-3-7-24-9-13/h2-11H,1H3,(H,26,27,29). The van der Waals surface area contributed by atoms with Gasteiger partial charge in [0.15, 0.2) is 5.13 Å². The van der Waals surface area contributed by atoms with Crippen LogP contribution < -0.4 is 5.32 Å². The Labute approximate surface area is 173 Å². The van der Waals surface area contributed by atoms with Crippen LogP contribution in [0.1, 0.15) is 21.6 Å². The summed E-state index contributed by atoms with van der Waals surface area (Å²) < 4.78 is 40.2. The fourth-order valence-electron chi connectivity index (χ4n) is 2.85. The van der Waals surface area contributed by atoms with E-state index < -0.39 is 17.6 Å². The van der Waals surface area contributed by atoms with Crippen LogP contribution in [0.2, 0.25) is 0 Å². The number of rotatable bonds is 4. The van der Waals surface area contributed by atoms with Crippen LogP contribution in [0.25, 0.3) is 16.9 Å². The number of nitrogens with zero attached hydrogens (tertiary/aromatic N) is 4. The van der Waals surface area contributed by atoms with Gasteiger partial charge in [-0.1, -0.05) is 6.07 Å². The molecule has 30 heavy (non-hydrogen) atoms.